The molecule has 5 heteroatoms. The van der Waals surface area contributed by atoms with Gasteiger partial charge in [-0.3, -0.25) is 0 Å². The number of hydrogen-bond acceptors (Lipinski definition) is 3. The Morgan fingerprint density at radius 1 is 0.769 bits per heavy atom. The van der Waals surface area contributed by atoms with Gasteiger partial charge in [-0.2, -0.15) is 0 Å². The zero-order valence-electron chi connectivity index (χ0n) is 15.9. The zero-order chi connectivity index (χ0) is 18.9. The molecule has 0 saturated carbocycles. The van der Waals surface area contributed by atoms with Gasteiger partial charge < -0.3 is 20.1 Å². The number of rotatable bonds is 8. The van der Waals surface area contributed by atoms with Crippen LogP contribution in [0, 0.1) is 0 Å². The van der Waals surface area contributed by atoms with E-state index in [1.807, 2.05) is 62.4 Å². The molecule has 5 nitrogen and oxygen atoms in total. The lowest BCUT2D eigenvalue weighted by Crippen LogP contribution is -2.19. The average Bonchev–Trinajstić information content (AvgIpc) is 2.64. The summed E-state index contributed by atoms with van der Waals surface area (Å²) in [4.78, 5) is 12.1. The van der Waals surface area contributed by atoms with Crippen molar-refractivity contribution in [1.29, 1.82) is 0 Å². The highest BCUT2D eigenvalue weighted by molar-refractivity contribution is 5.99. The molecule has 2 rings (SSSR count). The highest BCUT2D eigenvalue weighted by Crippen LogP contribution is 2.19. The van der Waals surface area contributed by atoms with Crippen molar-refractivity contribution >= 4 is 17.4 Å². The molecule has 26 heavy (non-hydrogen) atoms. The maximum absolute atomic E-state index is 12.1. The smallest absolute Gasteiger partial charge is 0.323 e. The summed E-state index contributed by atoms with van der Waals surface area (Å²) >= 11 is 0. The molecule has 2 aromatic carbocycles. The Morgan fingerprint density at radius 3 is 1.42 bits per heavy atom. The average molecular weight is 356 g/mol. The number of carbonyl (C=O) groups is 1. The van der Waals surface area contributed by atoms with Crippen LogP contribution in [-0.2, 0) is 0 Å². The lowest BCUT2D eigenvalue weighted by atomic mass is 10.2. The molecular weight excluding hydrogens is 328 g/mol. The second-order valence-electron chi connectivity index (χ2n) is 6.30. The third kappa shape index (κ3) is 6.31. The molecule has 2 amide bonds. The second-order valence-corrected chi connectivity index (χ2v) is 6.30. The number of ether oxygens (including phenoxy) is 2. The van der Waals surface area contributed by atoms with Gasteiger partial charge >= 0.3 is 6.03 Å². The van der Waals surface area contributed by atoms with Crippen molar-refractivity contribution in [3.05, 3.63) is 48.5 Å². The number of urea groups is 1. The number of amides is 2. The summed E-state index contributed by atoms with van der Waals surface area (Å²) in [6.07, 6.45) is 2.24. The monoisotopic (exact) mass is 356 g/mol. The highest BCUT2D eigenvalue weighted by Gasteiger charge is 2.06. The summed E-state index contributed by atoms with van der Waals surface area (Å²) in [6, 6.07) is 14.4. The van der Waals surface area contributed by atoms with Crippen LogP contribution in [0.4, 0.5) is 16.2 Å². The minimum Gasteiger partial charge on any atom is -0.491 e. The number of nitrogens with one attached hydrogen (secondary N) is 2. The summed E-state index contributed by atoms with van der Waals surface area (Å²) in [5.41, 5.74) is 1.41. The fourth-order valence-electron chi connectivity index (χ4n) is 2.16. The van der Waals surface area contributed by atoms with Crippen molar-refractivity contribution in [2.75, 3.05) is 10.6 Å². The van der Waals surface area contributed by atoms with Gasteiger partial charge in [-0.1, -0.05) is 13.8 Å². The number of benzene rings is 2. The number of carbonyl (C=O) groups excluding carboxylic acids is 1. The predicted octanol–water partition coefficient (Wildman–Crippen LogP) is 5.69. The molecular formula is C21H28N2O3. The lowest BCUT2D eigenvalue weighted by molar-refractivity contribution is 0.217. The predicted molar refractivity (Wildman–Crippen MR) is 106 cm³/mol. The topological polar surface area (TPSA) is 59.6 Å². The van der Waals surface area contributed by atoms with Gasteiger partial charge in [0.05, 0.1) is 12.2 Å². The van der Waals surface area contributed by atoms with Crippen LogP contribution < -0.4 is 20.1 Å². The molecule has 0 heterocycles. The molecule has 0 bridgehead atoms. The van der Waals surface area contributed by atoms with E-state index in [0.717, 1.165) is 24.3 Å². The molecule has 2 N–H and O–H groups in total. The van der Waals surface area contributed by atoms with Gasteiger partial charge in [-0.05, 0) is 75.2 Å². The van der Waals surface area contributed by atoms with Crippen LogP contribution >= 0.6 is 0 Å². The minimum absolute atomic E-state index is 0.171. The third-order valence-corrected chi connectivity index (χ3v) is 4.05. The van der Waals surface area contributed by atoms with Crippen molar-refractivity contribution in [2.24, 2.45) is 0 Å². The van der Waals surface area contributed by atoms with Crippen molar-refractivity contribution in [1.82, 2.24) is 0 Å². The van der Waals surface area contributed by atoms with E-state index in [9.17, 15) is 4.79 Å². The molecule has 0 aliphatic rings. The molecule has 2 atom stereocenters. The van der Waals surface area contributed by atoms with Crippen LogP contribution in [0.2, 0.25) is 0 Å². The number of anilines is 2. The Balaban J connectivity index is 1.86. The standard InChI is InChI=1S/C21H28N2O3/c1-5-15(3)25-19-11-7-17(8-12-19)22-21(24)23-18-9-13-20(14-10-18)26-16(4)6-2/h7-16H,5-6H2,1-4H3,(H2,22,23,24). The normalized spacial score (nSPS) is 12.8. The van der Waals surface area contributed by atoms with Crippen LogP contribution in [0.1, 0.15) is 40.5 Å². The Labute approximate surface area is 155 Å². The maximum Gasteiger partial charge on any atom is 0.323 e. The van der Waals surface area contributed by atoms with E-state index < -0.39 is 0 Å². The SMILES string of the molecule is CCC(C)Oc1ccc(NC(=O)Nc2ccc(OC(C)CC)cc2)cc1. The van der Waals surface area contributed by atoms with Crippen molar-refractivity contribution in [3.8, 4) is 11.5 Å². The first kappa shape index (κ1) is 19.6. The largest absolute Gasteiger partial charge is 0.491 e. The van der Waals surface area contributed by atoms with Gasteiger partial charge in [0.25, 0.3) is 0 Å². The summed E-state index contributed by atoms with van der Waals surface area (Å²) < 4.78 is 11.5. The first-order valence-corrected chi connectivity index (χ1v) is 9.11. The van der Waals surface area contributed by atoms with Crippen LogP contribution in [0.25, 0.3) is 0 Å². The van der Waals surface area contributed by atoms with E-state index in [1.165, 1.54) is 0 Å². The molecule has 0 aliphatic heterocycles. The Morgan fingerprint density at radius 2 is 1.12 bits per heavy atom. The summed E-state index contributed by atoms with van der Waals surface area (Å²) in [5.74, 6) is 1.59. The van der Waals surface area contributed by atoms with Gasteiger partial charge in [0.15, 0.2) is 0 Å². The fraction of sp³-hybridized carbons (Fsp3) is 0.381. The van der Waals surface area contributed by atoms with E-state index in [0.29, 0.717) is 11.4 Å². The summed E-state index contributed by atoms with van der Waals surface area (Å²) in [5, 5.41) is 5.61. The van der Waals surface area contributed by atoms with E-state index >= 15 is 0 Å². The van der Waals surface area contributed by atoms with E-state index in [4.69, 9.17) is 9.47 Å². The molecule has 0 saturated heterocycles. The maximum atomic E-state index is 12.1. The Hall–Kier alpha value is -2.69. The second kappa shape index (κ2) is 9.70. The van der Waals surface area contributed by atoms with Crippen LogP contribution in [0.15, 0.2) is 48.5 Å². The zero-order valence-corrected chi connectivity index (χ0v) is 15.9. The Kier molecular flexibility index (Phi) is 7.33. The third-order valence-electron chi connectivity index (χ3n) is 4.05. The summed E-state index contributed by atoms with van der Waals surface area (Å²) in [6.45, 7) is 8.21. The van der Waals surface area contributed by atoms with E-state index in [-0.39, 0.29) is 18.2 Å². The van der Waals surface area contributed by atoms with Gasteiger partial charge in [-0.15, -0.1) is 0 Å². The molecule has 140 valence electrons. The van der Waals surface area contributed by atoms with E-state index in [2.05, 4.69) is 24.5 Å². The van der Waals surface area contributed by atoms with Gasteiger partial charge in [-0.25, -0.2) is 4.79 Å². The van der Waals surface area contributed by atoms with Crippen LogP contribution in [0.5, 0.6) is 11.5 Å². The molecule has 2 unspecified atom stereocenters. The quantitative estimate of drug-likeness (QED) is 0.639. The first-order valence-electron chi connectivity index (χ1n) is 9.11. The molecule has 0 aromatic heterocycles. The first-order chi connectivity index (χ1) is 12.5. The molecule has 0 fully saturated rings. The summed E-state index contributed by atoms with van der Waals surface area (Å²) in [7, 11) is 0. The van der Waals surface area contributed by atoms with Gasteiger partial charge in [0.2, 0.25) is 0 Å². The molecule has 2 aromatic rings. The number of hydrogen-bond donors (Lipinski definition) is 2. The van der Waals surface area contributed by atoms with E-state index in [1.54, 1.807) is 0 Å². The minimum atomic E-state index is -0.295. The fourth-order valence-corrected chi connectivity index (χ4v) is 2.16. The van der Waals surface area contributed by atoms with Gasteiger partial charge in [0.1, 0.15) is 11.5 Å². The van der Waals surface area contributed by atoms with Crippen molar-refractivity contribution in [3.63, 3.8) is 0 Å². The van der Waals surface area contributed by atoms with Crippen molar-refractivity contribution < 1.29 is 14.3 Å². The molecule has 0 radical (unpaired) electrons. The van der Waals surface area contributed by atoms with Gasteiger partial charge in [0, 0.05) is 11.4 Å². The van der Waals surface area contributed by atoms with Crippen molar-refractivity contribution in [2.45, 2.75) is 52.7 Å². The van der Waals surface area contributed by atoms with Crippen LogP contribution in [-0.4, -0.2) is 18.2 Å². The Bertz CT molecular complexity index is 624. The molecule has 0 aliphatic carbocycles. The highest BCUT2D eigenvalue weighted by atomic mass is 16.5. The molecule has 0 spiro atoms. The van der Waals surface area contributed by atoms with Crippen LogP contribution in [0.3, 0.4) is 0 Å². The lowest BCUT2D eigenvalue weighted by Gasteiger charge is -2.14.